The highest BCUT2D eigenvalue weighted by atomic mass is 16.2. The summed E-state index contributed by atoms with van der Waals surface area (Å²) in [5, 5.41) is 0. The molecule has 0 aromatic carbocycles. The molecule has 1 aliphatic carbocycles. The number of hydrogen-bond donors (Lipinski definition) is 1. The van der Waals surface area contributed by atoms with E-state index in [2.05, 4.69) is 9.97 Å². The van der Waals surface area contributed by atoms with Crippen LogP contribution < -0.4 is 5.56 Å². The van der Waals surface area contributed by atoms with Crippen molar-refractivity contribution in [3.05, 3.63) is 57.5 Å². The lowest BCUT2D eigenvalue weighted by Gasteiger charge is -2.38. The minimum absolute atomic E-state index is 0.0938. The maximum Gasteiger partial charge on any atom is 0.255 e. The number of carbonyl (C=O) groups is 2. The number of likely N-dealkylation sites (tertiary alicyclic amines) is 1. The number of H-pyrrole nitrogens is 1. The number of amides is 2. The second-order valence-corrected chi connectivity index (χ2v) is 9.47. The summed E-state index contributed by atoms with van der Waals surface area (Å²) in [5.41, 5.74) is 1.68. The minimum Gasteiger partial charge on any atom is -0.332 e. The Balaban J connectivity index is 1.40. The molecule has 1 saturated heterocycles. The quantitative estimate of drug-likeness (QED) is 0.777. The zero-order valence-corrected chi connectivity index (χ0v) is 19.0. The maximum absolute atomic E-state index is 13.4. The molecule has 4 heterocycles. The molecule has 2 aromatic heterocycles. The van der Waals surface area contributed by atoms with Gasteiger partial charge in [-0.1, -0.05) is 19.3 Å². The van der Waals surface area contributed by atoms with Gasteiger partial charge in [-0.25, -0.2) is 4.98 Å². The van der Waals surface area contributed by atoms with Crippen LogP contribution in [0.2, 0.25) is 0 Å². The molecule has 0 radical (unpaired) electrons. The number of pyridine rings is 1. The molecule has 2 fully saturated rings. The van der Waals surface area contributed by atoms with Crippen molar-refractivity contribution in [2.75, 3.05) is 13.1 Å². The van der Waals surface area contributed by atoms with E-state index in [1.54, 1.807) is 29.4 Å². The largest absolute Gasteiger partial charge is 0.332 e. The van der Waals surface area contributed by atoms with Crippen LogP contribution in [-0.2, 0) is 17.8 Å². The van der Waals surface area contributed by atoms with Gasteiger partial charge in [-0.2, -0.15) is 0 Å². The lowest BCUT2D eigenvalue weighted by Crippen LogP contribution is -2.44. The Morgan fingerprint density at radius 2 is 1.85 bits per heavy atom. The Labute approximate surface area is 193 Å². The molecule has 0 spiro atoms. The Morgan fingerprint density at radius 3 is 2.64 bits per heavy atom. The number of rotatable bonds is 3. The van der Waals surface area contributed by atoms with Crippen molar-refractivity contribution < 1.29 is 9.59 Å². The van der Waals surface area contributed by atoms with Crippen molar-refractivity contribution in [3.8, 4) is 0 Å². The molecule has 1 atom stereocenters. The van der Waals surface area contributed by atoms with E-state index in [4.69, 9.17) is 4.98 Å². The molecular formula is C25H31N5O3. The molecule has 0 unspecified atom stereocenters. The first-order chi connectivity index (χ1) is 16.1. The van der Waals surface area contributed by atoms with Gasteiger partial charge < -0.3 is 14.8 Å². The van der Waals surface area contributed by atoms with E-state index in [1.807, 2.05) is 4.90 Å². The van der Waals surface area contributed by atoms with E-state index in [0.29, 0.717) is 48.7 Å². The zero-order chi connectivity index (χ0) is 22.8. The van der Waals surface area contributed by atoms with Crippen molar-refractivity contribution in [2.24, 2.45) is 5.92 Å². The van der Waals surface area contributed by atoms with E-state index >= 15 is 0 Å². The predicted octanol–water partition coefficient (Wildman–Crippen LogP) is 3.00. The molecular weight excluding hydrogens is 418 g/mol. The van der Waals surface area contributed by atoms with Gasteiger partial charge in [-0.3, -0.25) is 19.4 Å². The first-order valence-corrected chi connectivity index (χ1v) is 12.2. The third-order valence-corrected chi connectivity index (χ3v) is 7.34. The number of piperidine rings is 1. The average Bonchev–Trinajstić information content (AvgIpc) is 2.88. The van der Waals surface area contributed by atoms with E-state index < -0.39 is 0 Å². The fraction of sp³-hybridized carbons (Fsp3) is 0.560. The smallest absolute Gasteiger partial charge is 0.255 e. The number of nitrogens with zero attached hydrogens (tertiary/aromatic N) is 4. The molecule has 1 N–H and O–H groups in total. The van der Waals surface area contributed by atoms with Gasteiger partial charge in [0, 0.05) is 37.0 Å². The molecule has 3 aliphatic rings. The summed E-state index contributed by atoms with van der Waals surface area (Å²) >= 11 is 0. The van der Waals surface area contributed by atoms with Crippen molar-refractivity contribution >= 4 is 11.8 Å². The Bertz CT molecular complexity index is 1080. The van der Waals surface area contributed by atoms with E-state index in [-0.39, 0.29) is 29.3 Å². The number of carbonyl (C=O) groups excluding carboxylic acids is 2. The summed E-state index contributed by atoms with van der Waals surface area (Å²) < 4.78 is 0. The molecule has 33 heavy (non-hydrogen) atoms. The third kappa shape index (κ3) is 4.43. The van der Waals surface area contributed by atoms with Crippen molar-refractivity contribution in [3.63, 3.8) is 0 Å². The van der Waals surface area contributed by atoms with E-state index in [9.17, 15) is 14.4 Å². The first-order valence-electron chi connectivity index (χ1n) is 12.2. The number of hydrogen-bond acceptors (Lipinski definition) is 5. The molecule has 2 aliphatic heterocycles. The fourth-order valence-electron chi connectivity index (χ4n) is 5.53. The molecule has 5 rings (SSSR count). The molecule has 2 aromatic rings. The van der Waals surface area contributed by atoms with Gasteiger partial charge >= 0.3 is 0 Å². The highest BCUT2D eigenvalue weighted by Gasteiger charge is 2.35. The van der Waals surface area contributed by atoms with Crippen LogP contribution in [0, 0.1) is 5.92 Å². The fourth-order valence-corrected chi connectivity index (χ4v) is 5.53. The van der Waals surface area contributed by atoms with Gasteiger partial charge in [-0.15, -0.1) is 0 Å². The average molecular weight is 450 g/mol. The number of aromatic nitrogens is 3. The number of fused-ring (bicyclic) bond motifs is 1. The minimum atomic E-state index is -0.199. The molecule has 8 heteroatoms. The molecule has 174 valence electrons. The van der Waals surface area contributed by atoms with Gasteiger partial charge in [0.1, 0.15) is 5.82 Å². The summed E-state index contributed by atoms with van der Waals surface area (Å²) in [6.07, 6.45) is 11.8. The maximum atomic E-state index is 13.4. The van der Waals surface area contributed by atoms with Crippen molar-refractivity contribution in [1.82, 2.24) is 24.8 Å². The summed E-state index contributed by atoms with van der Waals surface area (Å²) in [6.45, 7) is 1.48. The van der Waals surface area contributed by atoms with Crippen LogP contribution in [0.3, 0.4) is 0 Å². The van der Waals surface area contributed by atoms with Gasteiger partial charge in [0.15, 0.2) is 0 Å². The molecule has 2 amide bonds. The normalized spacial score (nSPS) is 21.5. The molecule has 0 bridgehead atoms. The van der Waals surface area contributed by atoms with Gasteiger partial charge in [0.05, 0.1) is 23.8 Å². The van der Waals surface area contributed by atoms with Crippen LogP contribution in [0.15, 0.2) is 29.3 Å². The van der Waals surface area contributed by atoms with E-state index in [1.165, 1.54) is 6.42 Å². The lowest BCUT2D eigenvalue weighted by atomic mass is 9.87. The zero-order valence-electron chi connectivity index (χ0n) is 19.0. The topological polar surface area (TPSA) is 99.3 Å². The predicted molar refractivity (Wildman–Crippen MR) is 122 cm³/mol. The van der Waals surface area contributed by atoms with Crippen LogP contribution in [0.25, 0.3) is 0 Å². The number of nitrogens with one attached hydrogen (secondary N) is 1. The Morgan fingerprint density at radius 1 is 1.03 bits per heavy atom. The van der Waals surface area contributed by atoms with Crippen molar-refractivity contribution in [1.29, 1.82) is 0 Å². The summed E-state index contributed by atoms with van der Waals surface area (Å²) in [7, 11) is 0. The third-order valence-electron chi connectivity index (χ3n) is 7.34. The lowest BCUT2D eigenvalue weighted by molar-refractivity contribution is -0.140. The van der Waals surface area contributed by atoms with Crippen LogP contribution >= 0.6 is 0 Å². The van der Waals surface area contributed by atoms with Gasteiger partial charge in [0.25, 0.3) is 11.5 Å². The van der Waals surface area contributed by atoms with Crippen molar-refractivity contribution in [2.45, 2.75) is 70.4 Å². The SMILES string of the molecule is O=C(c1cccnc1)N1CCc2c(nc([C@@H]3CCCCN3C(=O)C3CCCCC3)[nH]c2=O)C1. The van der Waals surface area contributed by atoms with Crippen LogP contribution in [0.5, 0.6) is 0 Å². The monoisotopic (exact) mass is 449 g/mol. The molecule has 8 nitrogen and oxygen atoms in total. The second-order valence-electron chi connectivity index (χ2n) is 9.47. The number of aromatic amines is 1. The Kier molecular flexibility index (Phi) is 6.24. The summed E-state index contributed by atoms with van der Waals surface area (Å²) in [5.74, 6) is 0.770. The Hall–Kier alpha value is -3.03. The first kappa shape index (κ1) is 21.8. The standard InChI is InChI=1S/C25H31N5O3/c31-23-19-11-14-29(24(32)18-9-6-12-26-15-18)16-20(19)27-22(28-23)21-10-4-5-13-30(21)25(33)17-7-2-1-3-8-17/h6,9,12,15,17,21H,1-5,7-8,10-11,13-14,16H2,(H,27,28,31)/t21-/m0/s1. The molecule has 1 saturated carbocycles. The summed E-state index contributed by atoms with van der Waals surface area (Å²) in [4.78, 5) is 54.8. The van der Waals surface area contributed by atoms with Crippen LogP contribution in [0.1, 0.15) is 84.8 Å². The second kappa shape index (κ2) is 9.45. The highest BCUT2D eigenvalue weighted by molar-refractivity contribution is 5.94. The van der Waals surface area contributed by atoms with Crippen LogP contribution in [-0.4, -0.2) is 49.7 Å². The highest BCUT2D eigenvalue weighted by Crippen LogP contribution is 2.34. The van der Waals surface area contributed by atoms with Gasteiger partial charge in [-0.05, 0) is 50.7 Å². The summed E-state index contributed by atoms with van der Waals surface area (Å²) in [6, 6.07) is 3.29. The van der Waals surface area contributed by atoms with Crippen LogP contribution in [0.4, 0.5) is 0 Å². The van der Waals surface area contributed by atoms with E-state index in [0.717, 1.165) is 44.9 Å². The van der Waals surface area contributed by atoms with Gasteiger partial charge in [0.2, 0.25) is 5.91 Å².